The van der Waals surface area contributed by atoms with E-state index in [4.69, 9.17) is 21.3 Å². The van der Waals surface area contributed by atoms with Crippen LogP contribution in [0.4, 0.5) is 4.79 Å². The third kappa shape index (κ3) is 3.68. The van der Waals surface area contributed by atoms with Gasteiger partial charge in [0.15, 0.2) is 0 Å². The molecule has 0 N–H and O–H groups in total. The molecule has 5 heteroatoms. The summed E-state index contributed by atoms with van der Waals surface area (Å²) in [7, 11) is 0. The van der Waals surface area contributed by atoms with Crippen LogP contribution in [-0.4, -0.2) is 42.9 Å². The standard InChI is InChI=1S/C22H25ClN2O2/c1-2-27-22(26)25-12-9-15(10-13-25)20-19-8-7-18(23)14-17(19)6-5-16-4-3-11-24-21(16)20/h4,7-8,14H,2-3,5-6,9-13H2,1H3. The number of nitrogens with zero attached hydrogens (tertiary/aromatic N) is 2. The van der Waals surface area contributed by atoms with Crippen LogP contribution in [0.2, 0.25) is 5.02 Å². The Morgan fingerprint density at radius 2 is 2.04 bits per heavy atom. The van der Waals surface area contributed by atoms with Gasteiger partial charge in [-0.2, -0.15) is 0 Å². The molecule has 0 aromatic heterocycles. The van der Waals surface area contributed by atoms with E-state index in [0.717, 1.165) is 43.7 Å². The summed E-state index contributed by atoms with van der Waals surface area (Å²) in [5.41, 5.74) is 7.78. The van der Waals surface area contributed by atoms with Gasteiger partial charge in [0.05, 0.1) is 12.3 Å². The van der Waals surface area contributed by atoms with Crippen LogP contribution in [0.15, 0.2) is 40.4 Å². The monoisotopic (exact) mass is 384 g/mol. The lowest BCUT2D eigenvalue weighted by molar-refractivity contribution is 0.104. The van der Waals surface area contributed by atoms with Gasteiger partial charge in [-0.05, 0) is 67.9 Å². The van der Waals surface area contributed by atoms with Gasteiger partial charge >= 0.3 is 6.09 Å². The molecule has 1 saturated heterocycles. The fourth-order valence-corrected chi connectivity index (χ4v) is 4.46. The fraction of sp³-hybridized carbons (Fsp3) is 0.455. The molecule has 3 aliphatic rings. The predicted molar refractivity (Wildman–Crippen MR) is 110 cm³/mol. The molecule has 142 valence electrons. The van der Waals surface area contributed by atoms with E-state index in [2.05, 4.69) is 18.2 Å². The van der Waals surface area contributed by atoms with E-state index in [-0.39, 0.29) is 6.09 Å². The summed E-state index contributed by atoms with van der Waals surface area (Å²) in [6, 6.07) is 6.23. The molecule has 2 heterocycles. The molecule has 0 saturated carbocycles. The van der Waals surface area contributed by atoms with Crippen molar-refractivity contribution in [3.63, 3.8) is 0 Å². The summed E-state index contributed by atoms with van der Waals surface area (Å²) >= 11 is 6.28. The third-order valence-electron chi connectivity index (χ3n) is 5.58. The first kappa shape index (κ1) is 18.3. The molecule has 1 aromatic carbocycles. The van der Waals surface area contributed by atoms with Crippen molar-refractivity contribution in [2.45, 2.75) is 39.0 Å². The summed E-state index contributed by atoms with van der Waals surface area (Å²) in [6.45, 7) is 4.52. The smallest absolute Gasteiger partial charge is 0.409 e. The number of hydrogen-bond acceptors (Lipinski definition) is 3. The number of dihydropyridines is 1. The first-order valence-corrected chi connectivity index (χ1v) is 10.2. The Bertz CT molecular complexity index is 844. The number of fused-ring (bicyclic) bond motifs is 2. The second-order valence-electron chi connectivity index (χ2n) is 7.21. The van der Waals surface area contributed by atoms with Gasteiger partial charge in [0.2, 0.25) is 0 Å². The Morgan fingerprint density at radius 3 is 2.81 bits per heavy atom. The summed E-state index contributed by atoms with van der Waals surface area (Å²) in [5, 5.41) is 0.788. The Balaban J connectivity index is 1.73. The van der Waals surface area contributed by atoms with Gasteiger partial charge in [-0.3, -0.25) is 4.99 Å². The molecule has 0 spiro atoms. The number of aryl methyl sites for hydroxylation is 1. The number of carbonyl (C=O) groups is 1. The maximum atomic E-state index is 12.0. The van der Waals surface area contributed by atoms with Crippen LogP contribution in [0.25, 0.3) is 5.57 Å². The number of aliphatic imine (C=N–C) groups is 1. The molecule has 0 atom stereocenters. The Morgan fingerprint density at radius 1 is 1.22 bits per heavy atom. The molecular weight excluding hydrogens is 360 g/mol. The zero-order chi connectivity index (χ0) is 18.8. The number of allylic oxidation sites excluding steroid dienone is 2. The normalized spacial score (nSPS) is 19.6. The second kappa shape index (κ2) is 7.89. The molecule has 1 fully saturated rings. The molecular formula is C22H25ClN2O2. The maximum absolute atomic E-state index is 12.0. The van der Waals surface area contributed by atoms with Gasteiger partial charge in [0.1, 0.15) is 0 Å². The largest absolute Gasteiger partial charge is 0.450 e. The van der Waals surface area contributed by atoms with Gasteiger partial charge in [-0.25, -0.2) is 4.79 Å². The van der Waals surface area contributed by atoms with Crippen LogP contribution < -0.4 is 0 Å². The molecule has 27 heavy (non-hydrogen) atoms. The molecule has 0 unspecified atom stereocenters. The highest BCUT2D eigenvalue weighted by Crippen LogP contribution is 2.38. The van der Waals surface area contributed by atoms with Crippen LogP contribution in [-0.2, 0) is 11.2 Å². The van der Waals surface area contributed by atoms with E-state index in [1.54, 1.807) is 0 Å². The van der Waals surface area contributed by atoms with Gasteiger partial charge in [-0.15, -0.1) is 0 Å². The van der Waals surface area contributed by atoms with Crippen LogP contribution >= 0.6 is 11.6 Å². The van der Waals surface area contributed by atoms with Crippen molar-refractivity contribution in [1.82, 2.24) is 4.90 Å². The quantitative estimate of drug-likeness (QED) is 0.678. The highest BCUT2D eigenvalue weighted by atomic mass is 35.5. The lowest BCUT2D eigenvalue weighted by Gasteiger charge is -2.30. The van der Waals surface area contributed by atoms with Crippen molar-refractivity contribution in [2.75, 3.05) is 26.2 Å². The van der Waals surface area contributed by atoms with Crippen LogP contribution in [0.5, 0.6) is 0 Å². The molecule has 0 radical (unpaired) electrons. The van der Waals surface area contributed by atoms with Gasteiger partial charge in [0.25, 0.3) is 0 Å². The zero-order valence-corrected chi connectivity index (χ0v) is 16.5. The first-order chi connectivity index (χ1) is 13.2. The topological polar surface area (TPSA) is 41.9 Å². The van der Waals surface area contributed by atoms with Crippen molar-refractivity contribution < 1.29 is 9.53 Å². The first-order valence-electron chi connectivity index (χ1n) is 9.84. The summed E-state index contributed by atoms with van der Waals surface area (Å²) in [5.74, 6) is 0. The number of benzene rings is 1. The minimum atomic E-state index is -0.204. The van der Waals surface area contributed by atoms with E-state index in [1.165, 1.54) is 33.6 Å². The predicted octanol–water partition coefficient (Wildman–Crippen LogP) is 5.06. The minimum Gasteiger partial charge on any atom is -0.450 e. The number of halogens is 1. The van der Waals surface area contributed by atoms with Crippen molar-refractivity contribution >= 4 is 29.0 Å². The van der Waals surface area contributed by atoms with E-state index in [9.17, 15) is 4.79 Å². The Kier molecular flexibility index (Phi) is 5.35. The number of hydrogen-bond donors (Lipinski definition) is 0. The Labute approximate surface area is 165 Å². The van der Waals surface area contributed by atoms with Crippen LogP contribution in [0.1, 0.15) is 43.7 Å². The lowest BCUT2D eigenvalue weighted by atomic mass is 9.86. The van der Waals surface area contributed by atoms with Crippen LogP contribution in [0, 0.1) is 0 Å². The highest BCUT2D eigenvalue weighted by molar-refractivity contribution is 6.34. The molecule has 0 bridgehead atoms. The van der Waals surface area contributed by atoms with E-state index in [1.807, 2.05) is 17.9 Å². The number of ether oxygens (including phenoxy) is 1. The SMILES string of the molecule is CCOC(=O)N1CCC(=C2C3=NCCC=C3CCc3cc(Cl)ccc32)CC1. The number of carbonyl (C=O) groups excluding carboxylic acids is 1. The minimum absolute atomic E-state index is 0.204. The zero-order valence-electron chi connectivity index (χ0n) is 15.8. The van der Waals surface area contributed by atoms with E-state index >= 15 is 0 Å². The fourth-order valence-electron chi connectivity index (χ4n) is 4.27. The maximum Gasteiger partial charge on any atom is 0.409 e. The van der Waals surface area contributed by atoms with E-state index < -0.39 is 0 Å². The number of likely N-dealkylation sites (tertiary alicyclic amines) is 1. The number of rotatable bonds is 1. The van der Waals surface area contributed by atoms with Gasteiger partial charge < -0.3 is 9.64 Å². The van der Waals surface area contributed by atoms with Crippen molar-refractivity contribution in [3.05, 3.63) is 51.6 Å². The summed E-state index contributed by atoms with van der Waals surface area (Å²) in [6.07, 6.45) is 6.90. The second-order valence-corrected chi connectivity index (χ2v) is 7.65. The molecule has 1 aliphatic carbocycles. The lowest BCUT2D eigenvalue weighted by Crippen LogP contribution is -2.37. The van der Waals surface area contributed by atoms with E-state index in [0.29, 0.717) is 19.7 Å². The van der Waals surface area contributed by atoms with Gasteiger partial charge in [0, 0.05) is 30.2 Å². The molecule has 4 rings (SSSR count). The van der Waals surface area contributed by atoms with Crippen molar-refractivity contribution in [2.24, 2.45) is 4.99 Å². The van der Waals surface area contributed by atoms with Gasteiger partial charge in [-0.1, -0.05) is 29.3 Å². The van der Waals surface area contributed by atoms with Crippen LogP contribution in [0.3, 0.4) is 0 Å². The number of piperidine rings is 1. The molecule has 2 aliphatic heterocycles. The molecule has 1 amide bonds. The molecule has 4 nitrogen and oxygen atoms in total. The molecule has 1 aromatic rings. The average Bonchev–Trinajstić information content (AvgIpc) is 2.85. The Hall–Kier alpha value is -2.07. The number of amides is 1. The average molecular weight is 385 g/mol. The van der Waals surface area contributed by atoms with Crippen molar-refractivity contribution in [3.8, 4) is 0 Å². The summed E-state index contributed by atoms with van der Waals surface area (Å²) < 4.78 is 5.16. The highest BCUT2D eigenvalue weighted by Gasteiger charge is 2.28. The van der Waals surface area contributed by atoms with Crippen molar-refractivity contribution in [1.29, 1.82) is 0 Å². The summed E-state index contributed by atoms with van der Waals surface area (Å²) in [4.78, 5) is 18.8. The third-order valence-corrected chi connectivity index (χ3v) is 5.81.